The molecule has 4 heterocycles. The number of nitrogens with two attached hydrogens (primary N) is 1. The van der Waals surface area contributed by atoms with Crippen molar-refractivity contribution in [2.75, 3.05) is 20.2 Å². The Balaban J connectivity index is 0.906. The van der Waals surface area contributed by atoms with E-state index in [0.717, 1.165) is 112 Å². The lowest BCUT2D eigenvalue weighted by Crippen LogP contribution is -2.51. The number of fused-ring (bicyclic) bond motifs is 4. The van der Waals surface area contributed by atoms with Gasteiger partial charge in [-0.2, -0.15) is 0 Å². The maximum absolute atomic E-state index is 13.7. The number of ether oxygens (including phenoxy) is 1. The molecule has 12 nitrogen and oxygen atoms in total. The van der Waals surface area contributed by atoms with Crippen molar-refractivity contribution in [3.8, 4) is 33.6 Å². The third kappa shape index (κ3) is 7.41. The number of aliphatic hydroxyl groups is 1. The summed E-state index contributed by atoms with van der Waals surface area (Å²) in [5.74, 6) is 1.45. The van der Waals surface area contributed by atoms with Crippen LogP contribution in [0.25, 0.3) is 44.4 Å². The number of nitrogens with one attached hydrogen (secondary N) is 3. The number of carbonyl (C=O) groups is 2. The van der Waals surface area contributed by atoms with E-state index in [9.17, 15) is 14.7 Å². The molecule has 9 rings (SSSR count). The van der Waals surface area contributed by atoms with Gasteiger partial charge in [0, 0.05) is 29.9 Å². The van der Waals surface area contributed by atoms with Crippen LogP contribution in [0.3, 0.4) is 0 Å². The number of rotatable bonds is 10. The molecule has 0 spiro atoms. The summed E-state index contributed by atoms with van der Waals surface area (Å²) in [6.45, 7) is 5.23. The number of hydrogen-bond donors (Lipinski definition) is 5. The van der Waals surface area contributed by atoms with Crippen molar-refractivity contribution in [1.82, 2.24) is 35.1 Å². The number of aryl methyl sites for hydroxylation is 2. The summed E-state index contributed by atoms with van der Waals surface area (Å²) in [6.07, 6.45) is 5.76. The number of aromatic nitrogens is 4. The monoisotopic (exact) mass is 792 g/mol. The molecule has 1 aliphatic carbocycles. The lowest BCUT2D eigenvalue weighted by molar-refractivity contribution is -0.135. The second kappa shape index (κ2) is 16.1. The number of aromatic amines is 2. The van der Waals surface area contributed by atoms with Gasteiger partial charge in [0.15, 0.2) is 0 Å². The summed E-state index contributed by atoms with van der Waals surface area (Å²) >= 11 is 0. The van der Waals surface area contributed by atoms with Crippen molar-refractivity contribution >= 4 is 22.8 Å². The molecular formula is C47H52N8O4. The average Bonchev–Trinajstić information content (AvgIpc) is 4.11. The second-order valence-corrected chi connectivity index (χ2v) is 16.6. The van der Waals surface area contributed by atoms with E-state index in [0.29, 0.717) is 6.54 Å². The summed E-state index contributed by atoms with van der Waals surface area (Å²) in [4.78, 5) is 46.8. The highest BCUT2D eigenvalue weighted by molar-refractivity contribution is 5.91. The van der Waals surface area contributed by atoms with Crippen molar-refractivity contribution in [3.63, 3.8) is 0 Å². The fourth-order valence-corrected chi connectivity index (χ4v) is 9.35. The van der Waals surface area contributed by atoms with Gasteiger partial charge < -0.3 is 35.8 Å². The summed E-state index contributed by atoms with van der Waals surface area (Å²) in [7, 11) is 1.31. The van der Waals surface area contributed by atoms with E-state index in [4.69, 9.17) is 20.4 Å². The molecule has 2 aromatic heterocycles. The molecule has 3 aliphatic rings. The fourth-order valence-electron chi connectivity index (χ4n) is 9.35. The quantitative estimate of drug-likeness (QED) is 0.0947. The number of hydrogen-bond acceptors (Lipinski definition) is 8. The van der Waals surface area contributed by atoms with Crippen LogP contribution in [0.2, 0.25) is 0 Å². The molecule has 4 aromatic carbocycles. The van der Waals surface area contributed by atoms with E-state index in [1.54, 1.807) is 0 Å². The summed E-state index contributed by atoms with van der Waals surface area (Å²) < 4.78 is 4.80. The molecule has 2 aliphatic heterocycles. The number of aliphatic hydroxyl groups excluding tert-OH is 1. The maximum atomic E-state index is 13.7. The number of methoxy groups -OCH3 is 1. The first-order chi connectivity index (χ1) is 28.7. The van der Waals surface area contributed by atoms with E-state index >= 15 is 0 Å². The maximum Gasteiger partial charge on any atom is 0.407 e. The van der Waals surface area contributed by atoms with Crippen LogP contribution in [0.15, 0.2) is 91.1 Å². The molecule has 304 valence electrons. The Morgan fingerprint density at radius 3 is 2.36 bits per heavy atom. The van der Waals surface area contributed by atoms with Crippen molar-refractivity contribution in [3.05, 3.63) is 120 Å². The number of imidazole rings is 2. The molecule has 5 atom stereocenters. The predicted octanol–water partition coefficient (Wildman–Crippen LogP) is 7.59. The molecule has 2 unspecified atom stereocenters. The highest BCUT2D eigenvalue weighted by Gasteiger charge is 2.39. The van der Waals surface area contributed by atoms with E-state index in [1.165, 1.54) is 12.7 Å². The van der Waals surface area contributed by atoms with Gasteiger partial charge >= 0.3 is 6.09 Å². The van der Waals surface area contributed by atoms with Gasteiger partial charge in [-0.15, -0.1) is 0 Å². The molecule has 6 aromatic rings. The summed E-state index contributed by atoms with van der Waals surface area (Å²) in [5, 5.41) is 16.3. The topological polar surface area (TPSA) is 165 Å². The van der Waals surface area contributed by atoms with Crippen LogP contribution in [0.5, 0.6) is 0 Å². The van der Waals surface area contributed by atoms with E-state index < -0.39 is 24.4 Å². The third-order valence-corrected chi connectivity index (χ3v) is 12.6. The number of nitrogens with zero attached hydrogens (tertiary/aromatic N) is 4. The van der Waals surface area contributed by atoms with Gasteiger partial charge in [-0.25, -0.2) is 14.8 Å². The zero-order valence-corrected chi connectivity index (χ0v) is 33.8. The largest absolute Gasteiger partial charge is 0.453 e. The molecule has 0 bridgehead atoms. The highest BCUT2D eigenvalue weighted by atomic mass is 16.5. The van der Waals surface area contributed by atoms with Gasteiger partial charge in [-0.1, -0.05) is 86.6 Å². The van der Waals surface area contributed by atoms with Crippen LogP contribution in [-0.4, -0.2) is 79.3 Å². The van der Waals surface area contributed by atoms with Gasteiger partial charge in [0.25, 0.3) is 0 Å². The lowest BCUT2D eigenvalue weighted by atomic mass is 9.89. The summed E-state index contributed by atoms with van der Waals surface area (Å²) in [5.41, 5.74) is 16.2. The van der Waals surface area contributed by atoms with E-state index in [-0.39, 0.29) is 23.9 Å². The van der Waals surface area contributed by atoms with Gasteiger partial charge in [-0.05, 0) is 89.6 Å². The Bertz CT molecular complexity index is 2490. The molecule has 59 heavy (non-hydrogen) atoms. The Morgan fingerprint density at radius 2 is 1.58 bits per heavy atom. The molecule has 6 N–H and O–H groups in total. The Labute approximate surface area is 344 Å². The number of likely N-dealkylation sites (tertiary alicyclic amines) is 2. The minimum Gasteiger partial charge on any atom is -0.453 e. The molecule has 2 fully saturated rings. The van der Waals surface area contributed by atoms with Crippen molar-refractivity contribution in [1.29, 1.82) is 0 Å². The smallest absolute Gasteiger partial charge is 0.407 e. The summed E-state index contributed by atoms with van der Waals surface area (Å²) in [6, 6.07) is 28.1. The van der Waals surface area contributed by atoms with Gasteiger partial charge in [0.2, 0.25) is 5.91 Å². The second-order valence-electron chi connectivity index (χ2n) is 16.6. The minimum atomic E-state index is -0.812. The molecule has 12 heteroatoms. The molecular weight excluding hydrogens is 741 g/mol. The number of alkyl carbamates (subject to hydrolysis) is 1. The van der Waals surface area contributed by atoms with Crippen molar-refractivity contribution in [2.24, 2.45) is 11.7 Å². The first-order valence-electron chi connectivity index (χ1n) is 20.9. The standard InChI is InChI=1S/C47H52N8O4/c1-27(2)41(53-47(58)59-3)46(57)55-22-8-12-39(55)44-50-36-20-18-33-24-32(17-19-35(33)42(36)52-44)29-13-14-31-25-34(16-15-30(31)23-29)37-26-49-43(51-37)38-11-7-21-54(38)45(56)40(48)28-9-5-4-6-10-28/h4-6,9-10,13-17,19,23-27,38-41,45,56H,7-8,11-12,18,20-22,48H2,1-3H3,(H,49,51)(H,50,52)(H,53,58)/t38-,39?,40+,41-,45?/m0/s1. The normalized spacial score (nSPS) is 19.4. The average molecular weight is 793 g/mol. The van der Waals surface area contributed by atoms with Gasteiger partial charge in [-0.3, -0.25) is 9.69 Å². The number of carbonyl (C=O) groups excluding carboxylic acids is 2. The molecule has 2 amide bonds. The van der Waals surface area contributed by atoms with Crippen LogP contribution in [0.1, 0.15) is 86.1 Å². The molecule has 0 saturated carbocycles. The minimum absolute atomic E-state index is 0.0380. The predicted molar refractivity (Wildman–Crippen MR) is 228 cm³/mol. The fraction of sp³-hybridized carbons (Fsp3) is 0.362. The van der Waals surface area contributed by atoms with Crippen LogP contribution >= 0.6 is 0 Å². The van der Waals surface area contributed by atoms with Crippen LogP contribution in [0.4, 0.5) is 4.79 Å². The van der Waals surface area contributed by atoms with Crippen molar-refractivity contribution < 1.29 is 19.4 Å². The van der Waals surface area contributed by atoms with Crippen LogP contribution in [0, 0.1) is 5.92 Å². The first-order valence-corrected chi connectivity index (χ1v) is 20.9. The number of H-pyrrole nitrogens is 2. The zero-order chi connectivity index (χ0) is 40.8. The Kier molecular flexibility index (Phi) is 10.5. The van der Waals surface area contributed by atoms with Gasteiger partial charge in [0.05, 0.1) is 42.8 Å². The first kappa shape index (κ1) is 38.7. The Morgan fingerprint density at radius 1 is 0.864 bits per heavy atom. The third-order valence-electron chi connectivity index (χ3n) is 12.6. The number of benzene rings is 4. The Hall–Kier alpha value is -5.82. The van der Waals surface area contributed by atoms with Crippen LogP contribution in [-0.2, 0) is 22.4 Å². The zero-order valence-electron chi connectivity index (χ0n) is 33.8. The number of amides is 2. The van der Waals surface area contributed by atoms with Crippen molar-refractivity contribution in [2.45, 2.75) is 82.8 Å². The molecule has 2 saturated heterocycles. The molecule has 0 radical (unpaired) electrons. The van der Waals surface area contributed by atoms with Gasteiger partial charge in [0.1, 0.15) is 23.9 Å². The lowest BCUT2D eigenvalue weighted by Gasteiger charge is -2.32. The highest BCUT2D eigenvalue weighted by Crippen LogP contribution is 2.40. The van der Waals surface area contributed by atoms with E-state index in [2.05, 4.69) is 74.8 Å². The van der Waals surface area contributed by atoms with E-state index in [1.807, 2.05) is 55.3 Å². The SMILES string of the molecule is COC(=O)N[C@H](C(=O)N1CCCC1c1nc2c([nH]1)CCc1cc(-c3ccc4cc(-c5cnc([C@@H]6CCCN6C(O)[C@H](N)c6ccccc6)[nH]5)ccc4c3)ccc1-2)C(C)C. The van der Waals surface area contributed by atoms with Crippen LogP contribution < -0.4 is 11.1 Å².